The van der Waals surface area contributed by atoms with Crippen molar-refractivity contribution in [3.63, 3.8) is 0 Å². The normalized spacial score (nSPS) is 18.4. The van der Waals surface area contributed by atoms with Gasteiger partial charge in [-0.05, 0) is 30.3 Å². The number of sulfone groups is 1. The van der Waals surface area contributed by atoms with Gasteiger partial charge in [0.2, 0.25) is 9.84 Å². The van der Waals surface area contributed by atoms with Gasteiger partial charge in [0, 0.05) is 24.3 Å². The third-order valence-electron chi connectivity index (χ3n) is 4.63. The van der Waals surface area contributed by atoms with E-state index in [1.807, 2.05) is 0 Å². The highest BCUT2D eigenvalue weighted by Gasteiger charge is 2.38. The third kappa shape index (κ3) is 3.17. The fourth-order valence-electron chi connectivity index (χ4n) is 3.22. The Morgan fingerprint density at radius 3 is 2.50 bits per heavy atom. The van der Waals surface area contributed by atoms with Crippen LogP contribution in [-0.2, 0) is 19.4 Å². The molecule has 0 saturated carbocycles. The number of carbonyl (C=O) groups is 1. The summed E-state index contributed by atoms with van der Waals surface area (Å²) in [5, 5.41) is 0.298. The van der Waals surface area contributed by atoms with Crippen LogP contribution in [0.3, 0.4) is 0 Å². The van der Waals surface area contributed by atoms with Gasteiger partial charge in [-0.2, -0.15) is 0 Å². The molecule has 0 aliphatic carbocycles. The maximum Gasteiger partial charge on any atom is 0.267 e. The topological polar surface area (TPSA) is 66.9 Å². The number of halogens is 2. The van der Waals surface area contributed by atoms with Crippen LogP contribution in [0.15, 0.2) is 58.5 Å². The van der Waals surface area contributed by atoms with Crippen LogP contribution in [0.2, 0.25) is 5.02 Å². The minimum atomic E-state index is -4.10. The van der Waals surface area contributed by atoms with Crippen LogP contribution in [0.25, 0.3) is 0 Å². The summed E-state index contributed by atoms with van der Waals surface area (Å²) in [6.45, 7) is 1.25. The number of ether oxygens (including phenoxy) is 1. The third-order valence-corrected chi connectivity index (χ3v) is 6.65. The molecule has 6 nitrogen and oxygen atoms in total. The number of para-hydroxylation sites is 1. The Kier molecular flexibility index (Phi) is 4.86. The van der Waals surface area contributed by atoms with E-state index >= 15 is 0 Å². The lowest BCUT2D eigenvalue weighted by molar-refractivity contribution is -0.130. The van der Waals surface area contributed by atoms with Crippen molar-refractivity contribution < 1.29 is 22.3 Å². The number of anilines is 2. The molecule has 0 atom stereocenters. The molecule has 2 aromatic carbocycles. The van der Waals surface area contributed by atoms with E-state index in [2.05, 4.69) is 0 Å². The molecule has 1 fully saturated rings. The van der Waals surface area contributed by atoms with E-state index in [0.29, 0.717) is 31.3 Å². The average molecular weight is 423 g/mol. The second-order valence-corrected chi connectivity index (χ2v) is 8.66. The SMILES string of the molecule is O=C(C1=CN(c2ccccc2F)c2cc(Cl)ccc2S1(=O)=O)N1CCOCC1. The van der Waals surface area contributed by atoms with Crippen molar-refractivity contribution >= 4 is 38.7 Å². The van der Waals surface area contributed by atoms with Crippen molar-refractivity contribution in [2.75, 3.05) is 31.2 Å². The molecule has 4 rings (SSSR count). The van der Waals surface area contributed by atoms with E-state index in [4.69, 9.17) is 16.3 Å². The Bertz CT molecular complexity index is 1080. The first-order valence-electron chi connectivity index (χ1n) is 8.57. The smallest absolute Gasteiger partial charge is 0.267 e. The Morgan fingerprint density at radius 2 is 1.79 bits per heavy atom. The lowest BCUT2D eigenvalue weighted by Gasteiger charge is -2.32. The molecule has 2 aliphatic heterocycles. The van der Waals surface area contributed by atoms with E-state index in [-0.39, 0.29) is 16.3 Å². The van der Waals surface area contributed by atoms with Crippen LogP contribution in [0.1, 0.15) is 0 Å². The van der Waals surface area contributed by atoms with Gasteiger partial charge in [-0.3, -0.25) is 4.79 Å². The zero-order valence-electron chi connectivity index (χ0n) is 14.6. The molecule has 0 unspecified atom stereocenters. The summed E-state index contributed by atoms with van der Waals surface area (Å²) in [6, 6.07) is 10.1. The first-order chi connectivity index (χ1) is 13.4. The van der Waals surface area contributed by atoms with Crippen LogP contribution >= 0.6 is 11.6 Å². The van der Waals surface area contributed by atoms with Crippen LogP contribution in [0.5, 0.6) is 0 Å². The molecule has 2 aliphatic rings. The molecule has 1 amide bonds. The van der Waals surface area contributed by atoms with Crippen molar-refractivity contribution in [1.82, 2.24) is 4.90 Å². The molecule has 2 aromatic rings. The number of fused-ring (bicyclic) bond motifs is 1. The molecule has 0 spiro atoms. The highest BCUT2D eigenvalue weighted by atomic mass is 35.5. The average Bonchev–Trinajstić information content (AvgIpc) is 2.69. The van der Waals surface area contributed by atoms with Gasteiger partial charge in [0.15, 0.2) is 4.91 Å². The van der Waals surface area contributed by atoms with E-state index in [1.54, 1.807) is 6.07 Å². The van der Waals surface area contributed by atoms with Gasteiger partial charge in [0.05, 0.1) is 29.5 Å². The molecule has 0 bridgehead atoms. The molecule has 0 radical (unpaired) electrons. The summed E-state index contributed by atoms with van der Waals surface area (Å²) in [6.07, 6.45) is 1.17. The van der Waals surface area contributed by atoms with E-state index in [0.717, 1.165) is 0 Å². The quantitative estimate of drug-likeness (QED) is 0.744. The van der Waals surface area contributed by atoms with Crippen molar-refractivity contribution in [3.05, 3.63) is 64.4 Å². The molecule has 0 aromatic heterocycles. The van der Waals surface area contributed by atoms with Crippen molar-refractivity contribution in [1.29, 1.82) is 0 Å². The fourth-order valence-corrected chi connectivity index (χ4v) is 4.91. The number of benzene rings is 2. The standard InChI is InChI=1S/C19H16ClFN2O4S/c20-13-5-6-17-16(11-13)23(15-4-2-1-3-14(15)21)12-18(28(17,25)26)19(24)22-7-9-27-10-8-22/h1-6,11-12H,7-10H2. The largest absolute Gasteiger partial charge is 0.378 e. The second-order valence-electron chi connectivity index (χ2n) is 6.33. The summed E-state index contributed by atoms with van der Waals surface area (Å²) in [4.78, 5) is 15.3. The minimum Gasteiger partial charge on any atom is -0.378 e. The van der Waals surface area contributed by atoms with Crippen molar-refractivity contribution in [2.24, 2.45) is 0 Å². The van der Waals surface area contributed by atoms with Crippen molar-refractivity contribution in [2.45, 2.75) is 4.90 Å². The van der Waals surface area contributed by atoms with Gasteiger partial charge in [0.1, 0.15) is 5.82 Å². The lowest BCUT2D eigenvalue weighted by atomic mass is 10.2. The number of hydrogen-bond acceptors (Lipinski definition) is 5. The molecule has 28 heavy (non-hydrogen) atoms. The number of morpholine rings is 1. The van der Waals surface area contributed by atoms with Crippen LogP contribution in [-0.4, -0.2) is 45.5 Å². The molecule has 1 saturated heterocycles. The zero-order chi connectivity index (χ0) is 19.9. The Hall–Kier alpha value is -2.42. The van der Waals surface area contributed by atoms with E-state index in [9.17, 15) is 17.6 Å². The first kappa shape index (κ1) is 18.9. The molecular formula is C19H16ClFN2O4S. The Morgan fingerprint density at radius 1 is 1.07 bits per heavy atom. The molecule has 0 N–H and O–H groups in total. The van der Waals surface area contributed by atoms with Gasteiger partial charge >= 0.3 is 0 Å². The minimum absolute atomic E-state index is 0.0979. The Balaban J connectivity index is 1.90. The summed E-state index contributed by atoms with van der Waals surface area (Å²) in [5.41, 5.74) is 0.310. The van der Waals surface area contributed by atoms with E-state index < -0.39 is 26.5 Å². The first-order valence-corrected chi connectivity index (χ1v) is 10.4. The van der Waals surface area contributed by atoms with Gasteiger partial charge in [-0.25, -0.2) is 12.8 Å². The van der Waals surface area contributed by atoms with Crippen LogP contribution < -0.4 is 4.90 Å². The summed E-state index contributed by atoms with van der Waals surface area (Å²) in [7, 11) is -4.10. The number of nitrogens with zero attached hydrogens (tertiary/aromatic N) is 2. The summed E-state index contributed by atoms with van der Waals surface area (Å²) < 4.78 is 46.0. The summed E-state index contributed by atoms with van der Waals surface area (Å²) >= 11 is 6.06. The maximum absolute atomic E-state index is 14.5. The summed E-state index contributed by atoms with van der Waals surface area (Å²) in [5.74, 6) is -1.19. The molecular weight excluding hydrogens is 407 g/mol. The number of rotatable bonds is 2. The van der Waals surface area contributed by atoms with Gasteiger partial charge in [-0.1, -0.05) is 23.7 Å². The molecule has 146 valence electrons. The van der Waals surface area contributed by atoms with Gasteiger partial charge in [-0.15, -0.1) is 0 Å². The number of carbonyl (C=O) groups excluding carboxylic acids is 1. The van der Waals surface area contributed by atoms with Crippen LogP contribution in [0.4, 0.5) is 15.8 Å². The zero-order valence-corrected chi connectivity index (χ0v) is 16.2. The maximum atomic E-state index is 14.5. The van der Waals surface area contributed by atoms with Gasteiger partial charge in [0.25, 0.3) is 5.91 Å². The van der Waals surface area contributed by atoms with Crippen molar-refractivity contribution in [3.8, 4) is 0 Å². The second kappa shape index (κ2) is 7.20. The van der Waals surface area contributed by atoms with E-state index in [1.165, 1.54) is 52.4 Å². The molecule has 2 heterocycles. The Labute approximate surface area is 166 Å². The molecule has 9 heteroatoms. The lowest BCUT2D eigenvalue weighted by Crippen LogP contribution is -2.43. The number of amides is 1. The predicted octanol–water partition coefficient (Wildman–Crippen LogP) is 3.10. The highest BCUT2D eigenvalue weighted by Crippen LogP contribution is 2.42. The predicted molar refractivity (Wildman–Crippen MR) is 103 cm³/mol. The number of hydrogen-bond donors (Lipinski definition) is 0. The van der Waals surface area contributed by atoms with Gasteiger partial charge < -0.3 is 14.5 Å². The fraction of sp³-hybridized carbons (Fsp3) is 0.211. The monoisotopic (exact) mass is 422 g/mol. The highest BCUT2D eigenvalue weighted by molar-refractivity contribution is 7.96. The van der Waals surface area contributed by atoms with Crippen LogP contribution in [0, 0.1) is 5.82 Å².